The molecule has 0 bridgehead atoms. The van der Waals surface area contributed by atoms with E-state index in [2.05, 4.69) is 10.6 Å². The standard InChI is InChI=1S/C21H18ClFN2O3S/c22-15-8-7-14(18(23)10-15)12-29-13-20(26)25-19-6-2-1-5-17(19)21(27)24-11-16-4-3-9-28-16/h1-10H,11-13H2,(H,24,27)(H,25,26). The van der Waals surface area contributed by atoms with Gasteiger partial charge in [0, 0.05) is 10.8 Å². The van der Waals surface area contributed by atoms with Crippen molar-refractivity contribution in [3.63, 3.8) is 0 Å². The highest BCUT2D eigenvalue weighted by Crippen LogP contribution is 2.20. The first-order valence-electron chi connectivity index (χ1n) is 8.74. The molecular formula is C21H18ClFN2O3S. The summed E-state index contributed by atoms with van der Waals surface area (Å²) in [4.78, 5) is 24.7. The second kappa shape index (κ2) is 10.1. The Kier molecular flexibility index (Phi) is 7.32. The van der Waals surface area contributed by atoms with Gasteiger partial charge in [0.15, 0.2) is 0 Å². The molecule has 3 rings (SSSR count). The van der Waals surface area contributed by atoms with Crippen LogP contribution < -0.4 is 10.6 Å². The minimum atomic E-state index is -0.399. The maximum absolute atomic E-state index is 13.8. The van der Waals surface area contributed by atoms with E-state index in [1.165, 1.54) is 24.1 Å². The second-order valence-corrected chi connectivity index (χ2v) is 7.51. The third-order valence-corrected chi connectivity index (χ3v) is 5.17. The van der Waals surface area contributed by atoms with Gasteiger partial charge in [-0.05, 0) is 42.0 Å². The first kappa shape index (κ1) is 21.0. The molecule has 0 unspecified atom stereocenters. The van der Waals surface area contributed by atoms with Crippen LogP contribution >= 0.6 is 23.4 Å². The van der Waals surface area contributed by atoms with Crippen molar-refractivity contribution < 1.29 is 18.4 Å². The summed E-state index contributed by atoms with van der Waals surface area (Å²) >= 11 is 7.00. The average Bonchev–Trinajstić information content (AvgIpc) is 3.22. The minimum Gasteiger partial charge on any atom is -0.467 e. The predicted molar refractivity (Wildman–Crippen MR) is 113 cm³/mol. The summed E-state index contributed by atoms with van der Waals surface area (Å²) in [5.74, 6) is 0.0741. The van der Waals surface area contributed by atoms with Crippen LogP contribution in [0.25, 0.3) is 0 Å². The van der Waals surface area contributed by atoms with Crippen LogP contribution in [0.3, 0.4) is 0 Å². The molecule has 2 amide bonds. The van der Waals surface area contributed by atoms with E-state index in [4.69, 9.17) is 16.0 Å². The fourth-order valence-electron chi connectivity index (χ4n) is 2.54. The third-order valence-electron chi connectivity index (χ3n) is 3.95. The van der Waals surface area contributed by atoms with E-state index < -0.39 is 5.82 Å². The van der Waals surface area contributed by atoms with Crippen molar-refractivity contribution in [2.45, 2.75) is 12.3 Å². The Morgan fingerprint density at radius 2 is 1.93 bits per heavy atom. The van der Waals surface area contributed by atoms with Crippen LogP contribution in [-0.4, -0.2) is 17.6 Å². The second-order valence-electron chi connectivity index (χ2n) is 6.08. The number of benzene rings is 2. The molecule has 0 fully saturated rings. The number of carbonyl (C=O) groups excluding carboxylic acids is 2. The predicted octanol–water partition coefficient (Wildman–Crippen LogP) is 4.87. The molecule has 0 aliphatic rings. The summed E-state index contributed by atoms with van der Waals surface area (Å²) in [6, 6.07) is 14.7. The van der Waals surface area contributed by atoms with Crippen LogP contribution in [-0.2, 0) is 17.1 Å². The number of hydrogen-bond acceptors (Lipinski definition) is 4. The lowest BCUT2D eigenvalue weighted by Gasteiger charge is -2.11. The monoisotopic (exact) mass is 432 g/mol. The SMILES string of the molecule is O=C(CSCc1ccc(Cl)cc1F)Nc1ccccc1C(=O)NCc1ccco1. The van der Waals surface area contributed by atoms with Crippen molar-refractivity contribution in [3.05, 3.63) is 88.6 Å². The topological polar surface area (TPSA) is 71.3 Å². The lowest BCUT2D eigenvalue weighted by molar-refractivity contribution is -0.113. The van der Waals surface area contributed by atoms with E-state index in [0.29, 0.717) is 33.4 Å². The number of halogens is 2. The number of carbonyl (C=O) groups is 2. The van der Waals surface area contributed by atoms with Crippen LogP contribution in [0.4, 0.5) is 10.1 Å². The van der Waals surface area contributed by atoms with E-state index in [9.17, 15) is 14.0 Å². The fourth-order valence-corrected chi connectivity index (χ4v) is 3.52. The lowest BCUT2D eigenvalue weighted by atomic mass is 10.1. The molecule has 0 aliphatic heterocycles. The molecule has 0 spiro atoms. The van der Waals surface area contributed by atoms with Crippen molar-refractivity contribution in [1.82, 2.24) is 5.32 Å². The smallest absolute Gasteiger partial charge is 0.253 e. The zero-order chi connectivity index (χ0) is 20.6. The van der Waals surface area contributed by atoms with Gasteiger partial charge in [0.25, 0.3) is 5.91 Å². The molecule has 0 saturated heterocycles. The summed E-state index contributed by atoms with van der Waals surface area (Å²) in [6.45, 7) is 0.247. The fraction of sp³-hybridized carbons (Fsp3) is 0.143. The Bertz CT molecular complexity index is 995. The number of amides is 2. The number of anilines is 1. The minimum absolute atomic E-state index is 0.115. The molecular weight excluding hydrogens is 415 g/mol. The first-order chi connectivity index (χ1) is 14.0. The summed E-state index contributed by atoms with van der Waals surface area (Å²) < 4.78 is 19.0. The van der Waals surface area contributed by atoms with E-state index >= 15 is 0 Å². The van der Waals surface area contributed by atoms with Gasteiger partial charge in [-0.2, -0.15) is 0 Å². The first-order valence-corrected chi connectivity index (χ1v) is 10.3. The number of nitrogens with one attached hydrogen (secondary N) is 2. The number of furan rings is 1. The van der Waals surface area contributed by atoms with Crippen molar-refractivity contribution >= 4 is 40.9 Å². The van der Waals surface area contributed by atoms with Gasteiger partial charge >= 0.3 is 0 Å². The lowest BCUT2D eigenvalue weighted by Crippen LogP contribution is -2.25. The molecule has 29 heavy (non-hydrogen) atoms. The maximum Gasteiger partial charge on any atom is 0.253 e. The van der Waals surface area contributed by atoms with Gasteiger partial charge in [0.1, 0.15) is 11.6 Å². The molecule has 1 aromatic heterocycles. The summed E-state index contributed by atoms with van der Waals surface area (Å²) in [5.41, 5.74) is 1.23. The van der Waals surface area contributed by atoms with Crippen LogP contribution in [0.15, 0.2) is 65.3 Å². The van der Waals surface area contributed by atoms with Gasteiger partial charge in [-0.15, -0.1) is 11.8 Å². The van der Waals surface area contributed by atoms with Crippen molar-refractivity contribution in [1.29, 1.82) is 0 Å². The highest BCUT2D eigenvalue weighted by molar-refractivity contribution is 7.99. The van der Waals surface area contributed by atoms with E-state index in [0.717, 1.165) is 0 Å². The quantitative estimate of drug-likeness (QED) is 0.532. The van der Waals surface area contributed by atoms with Gasteiger partial charge in [-0.1, -0.05) is 29.8 Å². The van der Waals surface area contributed by atoms with Crippen molar-refractivity contribution in [2.24, 2.45) is 0 Å². The largest absolute Gasteiger partial charge is 0.467 e. The van der Waals surface area contributed by atoms with Crippen LogP contribution in [0.1, 0.15) is 21.7 Å². The Morgan fingerprint density at radius 3 is 2.69 bits per heavy atom. The molecule has 3 aromatic rings. The van der Waals surface area contributed by atoms with Gasteiger partial charge in [0.05, 0.1) is 29.8 Å². The van der Waals surface area contributed by atoms with E-state index in [1.54, 1.807) is 48.5 Å². The molecule has 0 radical (unpaired) electrons. The number of hydrogen-bond donors (Lipinski definition) is 2. The van der Waals surface area contributed by atoms with Crippen molar-refractivity contribution in [3.8, 4) is 0 Å². The molecule has 150 valence electrons. The van der Waals surface area contributed by atoms with Gasteiger partial charge in [-0.3, -0.25) is 9.59 Å². The van der Waals surface area contributed by atoms with E-state index in [1.807, 2.05) is 0 Å². The molecule has 0 atom stereocenters. The highest BCUT2D eigenvalue weighted by Gasteiger charge is 2.14. The Hall–Kier alpha value is -2.77. The molecule has 8 heteroatoms. The zero-order valence-electron chi connectivity index (χ0n) is 15.3. The number of thioether (sulfide) groups is 1. The van der Waals surface area contributed by atoms with Crippen LogP contribution in [0, 0.1) is 5.82 Å². The average molecular weight is 433 g/mol. The third kappa shape index (κ3) is 6.10. The molecule has 1 heterocycles. The zero-order valence-corrected chi connectivity index (χ0v) is 16.9. The summed E-state index contributed by atoms with van der Waals surface area (Å²) in [7, 11) is 0. The van der Waals surface area contributed by atoms with Gasteiger partial charge in [0.2, 0.25) is 5.91 Å². The Balaban J connectivity index is 1.54. The molecule has 0 aliphatic carbocycles. The Labute approximate surface area is 176 Å². The van der Waals surface area contributed by atoms with Crippen molar-refractivity contribution in [2.75, 3.05) is 11.1 Å². The molecule has 2 aromatic carbocycles. The maximum atomic E-state index is 13.8. The summed E-state index contributed by atoms with van der Waals surface area (Å²) in [6.07, 6.45) is 1.53. The number of rotatable bonds is 8. The molecule has 5 nitrogen and oxygen atoms in total. The normalized spacial score (nSPS) is 10.6. The molecule has 0 saturated carbocycles. The molecule has 2 N–H and O–H groups in total. The van der Waals surface area contributed by atoms with E-state index in [-0.39, 0.29) is 24.1 Å². The van der Waals surface area contributed by atoms with Crippen LogP contribution in [0.5, 0.6) is 0 Å². The Morgan fingerprint density at radius 1 is 1.10 bits per heavy atom. The van der Waals surface area contributed by atoms with Gasteiger partial charge < -0.3 is 15.1 Å². The number of para-hydroxylation sites is 1. The van der Waals surface area contributed by atoms with Gasteiger partial charge in [-0.25, -0.2) is 4.39 Å². The van der Waals surface area contributed by atoms with Crippen LogP contribution in [0.2, 0.25) is 5.02 Å². The highest BCUT2D eigenvalue weighted by atomic mass is 35.5. The summed E-state index contributed by atoms with van der Waals surface area (Å²) in [5, 5.41) is 5.81.